The molecule has 1 saturated heterocycles. The molecule has 23 heavy (non-hydrogen) atoms. The number of aryl methyl sites for hydroxylation is 1. The van der Waals surface area contributed by atoms with Crippen LogP contribution in [0, 0.1) is 5.92 Å². The summed E-state index contributed by atoms with van der Waals surface area (Å²) in [6.07, 6.45) is 5.53. The van der Waals surface area contributed by atoms with Crippen molar-refractivity contribution in [3.8, 4) is 0 Å². The lowest BCUT2D eigenvalue weighted by atomic mass is 10.0. The Morgan fingerprint density at radius 3 is 2.74 bits per heavy atom. The molecule has 3 rings (SSSR count). The molecule has 1 saturated carbocycles. The van der Waals surface area contributed by atoms with Gasteiger partial charge in [-0.2, -0.15) is 4.98 Å². The van der Waals surface area contributed by atoms with E-state index in [2.05, 4.69) is 36.1 Å². The topological polar surface area (TPSA) is 62.5 Å². The molecule has 128 valence electrons. The SMILES string of the molecule is CCC1CN(C(=O)CCCc2nc(C3CC3)no2)CC1N(C)C. The van der Waals surface area contributed by atoms with Crippen LogP contribution in [0.3, 0.4) is 0 Å². The average Bonchev–Trinajstić information content (AvgIpc) is 3.11. The van der Waals surface area contributed by atoms with Gasteiger partial charge in [-0.15, -0.1) is 0 Å². The molecule has 2 unspecified atom stereocenters. The summed E-state index contributed by atoms with van der Waals surface area (Å²) in [6.45, 7) is 3.96. The number of likely N-dealkylation sites (tertiary alicyclic amines) is 1. The highest BCUT2D eigenvalue weighted by molar-refractivity contribution is 5.76. The summed E-state index contributed by atoms with van der Waals surface area (Å²) in [5, 5.41) is 4.02. The van der Waals surface area contributed by atoms with E-state index >= 15 is 0 Å². The van der Waals surface area contributed by atoms with Gasteiger partial charge in [0.05, 0.1) is 0 Å². The zero-order valence-electron chi connectivity index (χ0n) is 14.5. The number of carbonyl (C=O) groups is 1. The van der Waals surface area contributed by atoms with Crippen molar-refractivity contribution in [3.63, 3.8) is 0 Å². The van der Waals surface area contributed by atoms with Gasteiger partial charge in [0.2, 0.25) is 11.8 Å². The van der Waals surface area contributed by atoms with Crippen LogP contribution in [0.5, 0.6) is 0 Å². The maximum atomic E-state index is 12.4. The van der Waals surface area contributed by atoms with E-state index in [1.165, 1.54) is 12.8 Å². The fourth-order valence-corrected chi connectivity index (χ4v) is 3.47. The molecule has 6 nitrogen and oxygen atoms in total. The molecule has 0 spiro atoms. The third-order valence-corrected chi connectivity index (χ3v) is 5.15. The highest BCUT2D eigenvalue weighted by atomic mass is 16.5. The summed E-state index contributed by atoms with van der Waals surface area (Å²) in [5.74, 6) is 2.90. The normalized spacial score (nSPS) is 24.6. The van der Waals surface area contributed by atoms with Crippen molar-refractivity contribution < 1.29 is 9.32 Å². The van der Waals surface area contributed by atoms with Gasteiger partial charge in [-0.25, -0.2) is 0 Å². The van der Waals surface area contributed by atoms with E-state index in [0.717, 1.165) is 31.8 Å². The number of likely N-dealkylation sites (N-methyl/N-ethyl adjacent to an activating group) is 1. The summed E-state index contributed by atoms with van der Waals surface area (Å²) in [6, 6.07) is 0.487. The lowest BCUT2D eigenvalue weighted by Gasteiger charge is -2.23. The maximum absolute atomic E-state index is 12.4. The molecule has 1 aliphatic carbocycles. The molecule has 2 heterocycles. The van der Waals surface area contributed by atoms with Crippen LogP contribution in [0.15, 0.2) is 4.52 Å². The number of nitrogens with zero attached hydrogens (tertiary/aromatic N) is 4. The fourth-order valence-electron chi connectivity index (χ4n) is 3.47. The van der Waals surface area contributed by atoms with Gasteiger partial charge in [0.25, 0.3) is 0 Å². The predicted octanol–water partition coefficient (Wildman–Crippen LogP) is 2.07. The number of rotatable bonds is 7. The molecule has 1 aromatic heterocycles. The van der Waals surface area contributed by atoms with Crippen LogP contribution in [0.4, 0.5) is 0 Å². The molecule has 2 fully saturated rings. The summed E-state index contributed by atoms with van der Waals surface area (Å²) < 4.78 is 5.26. The lowest BCUT2D eigenvalue weighted by molar-refractivity contribution is -0.130. The number of hydrogen-bond acceptors (Lipinski definition) is 5. The van der Waals surface area contributed by atoms with Crippen LogP contribution >= 0.6 is 0 Å². The van der Waals surface area contributed by atoms with Crippen molar-refractivity contribution in [2.75, 3.05) is 27.2 Å². The largest absolute Gasteiger partial charge is 0.341 e. The average molecular weight is 320 g/mol. The quantitative estimate of drug-likeness (QED) is 0.769. The van der Waals surface area contributed by atoms with Crippen molar-refractivity contribution in [1.29, 1.82) is 0 Å². The van der Waals surface area contributed by atoms with Crippen molar-refractivity contribution >= 4 is 5.91 Å². The molecule has 0 radical (unpaired) electrons. The Kier molecular flexibility index (Phi) is 4.99. The van der Waals surface area contributed by atoms with Crippen LogP contribution in [0.1, 0.15) is 56.7 Å². The van der Waals surface area contributed by atoms with Gasteiger partial charge in [0.15, 0.2) is 5.82 Å². The summed E-state index contributed by atoms with van der Waals surface area (Å²) in [5.41, 5.74) is 0. The Labute approximate surface area is 138 Å². The molecule has 0 aromatic carbocycles. The van der Waals surface area contributed by atoms with Gasteiger partial charge >= 0.3 is 0 Å². The molecule has 1 aliphatic heterocycles. The second kappa shape index (κ2) is 6.99. The van der Waals surface area contributed by atoms with Gasteiger partial charge in [0.1, 0.15) is 0 Å². The second-order valence-corrected chi connectivity index (χ2v) is 7.17. The molecule has 1 aromatic rings. The molecule has 0 bridgehead atoms. The van der Waals surface area contributed by atoms with Gasteiger partial charge in [-0.1, -0.05) is 18.5 Å². The van der Waals surface area contributed by atoms with E-state index < -0.39 is 0 Å². The van der Waals surface area contributed by atoms with Gasteiger partial charge in [-0.3, -0.25) is 4.79 Å². The third-order valence-electron chi connectivity index (χ3n) is 5.15. The zero-order chi connectivity index (χ0) is 16.4. The van der Waals surface area contributed by atoms with E-state index in [9.17, 15) is 4.79 Å². The van der Waals surface area contributed by atoms with Crippen LogP contribution in [0.2, 0.25) is 0 Å². The number of hydrogen-bond donors (Lipinski definition) is 0. The first-order valence-corrected chi connectivity index (χ1v) is 8.85. The first kappa shape index (κ1) is 16.4. The Hall–Kier alpha value is -1.43. The molecule has 0 N–H and O–H groups in total. The Balaban J connectivity index is 1.43. The van der Waals surface area contributed by atoms with Crippen molar-refractivity contribution in [1.82, 2.24) is 19.9 Å². The highest BCUT2D eigenvalue weighted by Crippen LogP contribution is 2.38. The monoisotopic (exact) mass is 320 g/mol. The van der Waals surface area contributed by atoms with Crippen molar-refractivity contribution in [2.24, 2.45) is 5.92 Å². The van der Waals surface area contributed by atoms with Crippen molar-refractivity contribution in [2.45, 2.75) is 57.4 Å². The Morgan fingerprint density at radius 2 is 2.13 bits per heavy atom. The third kappa shape index (κ3) is 3.91. The summed E-state index contributed by atoms with van der Waals surface area (Å²) in [4.78, 5) is 21.1. The van der Waals surface area contributed by atoms with Crippen LogP contribution in [-0.2, 0) is 11.2 Å². The molecule has 6 heteroatoms. The fraction of sp³-hybridized carbons (Fsp3) is 0.824. The van der Waals surface area contributed by atoms with Gasteiger partial charge < -0.3 is 14.3 Å². The number of aromatic nitrogens is 2. The van der Waals surface area contributed by atoms with Crippen LogP contribution < -0.4 is 0 Å². The van der Waals surface area contributed by atoms with E-state index in [-0.39, 0.29) is 5.91 Å². The van der Waals surface area contributed by atoms with Crippen molar-refractivity contribution in [3.05, 3.63) is 11.7 Å². The lowest BCUT2D eigenvalue weighted by Crippen LogP contribution is -2.36. The first-order chi connectivity index (χ1) is 11.1. The van der Waals surface area contributed by atoms with Gasteiger partial charge in [0, 0.05) is 37.9 Å². The van der Waals surface area contributed by atoms with Crippen LogP contribution in [0.25, 0.3) is 0 Å². The van der Waals surface area contributed by atoms with Gasteiger partial charge in [-0.05, 0) is 39.3 Å². The highest BCUT2D eigenvalue weighted by Gasteiger charge is 2.35. The minimum Gasteiger partial charge on any atom is -0.341 e. The standard InChI is InChI=1S/C17H28N4O2/c1-4-12-10-21(11-14(12)20(2)3)16(22)7-5-6-15-18-17(19-23-15)13-8-9-13/h12-14H,4-11H2,1-3H3. The Bertz CT molecular complexity index is 538. The maximum Gasteiger partial charge on any atom is 0.226 e. The minimum absolute atomic E-state index is 0.259. The second-order valence-electron chi connectivity index (χ2n) is 7.17. The van der Waals surface area contributed by atoms with E-state index in [1.807, 2.05) is 4.90 Å². The Morgan fingerprint density at radius 1 is 1.35 bits per heavy atom. The number of amides is 1. The van der Waals surface area contributed by atoms with E-state index in [0.29, 0.717) is 36.6 Å². The molecule has 2 atom stereocenters. The minimum atomic E-state index is 0.259. The smallest absolute Gasteiger partial charge is 0.226 e. The molecular weight excluding hydrogens is 292 g/mol. The summed E-state index contributed by atoms with van der Waals surface area (Å²) in [7, 11) is 4.21. The zero-order valence-corrected chi connectivity index (χ0v) is 14.5. The predicted molar refractivity (Wildman–Crippen MR) is 87.0 cm³/mol. The van der Waals surface area contributed by atoms with Crippen LogP contribution in [-0.4, -0.2) is 59.1 Å². The molecular formula is C17H28N4O2. The molecule has 1 amide bonds. The first-order valence-electron chi connectivity index (χ1n) is 8.85. The number of carbonyl (C=O) groups excluding carboxylic acids is 1. The molecule has 2 aliphatic rings. The summed E-state index contributed by atoms with van der Waals surface area (Å²) >= 11 is 0. The van der Waals surface area contributed by atoms with E-state index in [4.69, 9.17) is 4.52 Å². The van der Waals surface area contributed by atoms with E-state index in [1.54, 1.807) is 0 Å².